The van der Waals surface area contributed by atoms with Crippen LogP contribution in [0.4, 0.5) is 0 Å². The molecule has 0 aliphatic rings. The van der Waals surface area contributed by atoms with Crippen LogP contribution in [0.3, 0.4) is 0 Å². The zero-order valence-electron chi connectivity index (χ0n) is 10.1. The van der Waals surface area contributed by atoms with E-state index in [1.54, 1.807) is 0 Å². The Balaban J connectivity index is 4.29. The Bertz CT molecular complexity index is 292. The molecule has 0 aliphatic heterocycles. The summed E-state index contributed by atoms with van der Waals surface area (Å²) in [5, 5.41) is 13.5. The highest BCUT2D eigenvalue weighted by atomic mass is 16.5. The Morgan fingerprint density at radius 1 is 1.29 bits per heavy atom. The molecule has 7 heteroatoms. The molecule has 0 rings (SSSR count). The first-order valence-corrected chi connectivity index (χ1v) is 5.17. The van der Waals surface area contributed by atoms with Gasteiger partial charge < -0.3 is 20.5 Å². The third kappa shape index (κ3) is 6.52. The smallest absolute Gasteiger partial charge is 0.326 e. The van der Waals surface area contributed by atoms with Crippen LogP contribution in [0.25, 0.3) is 0 Å². The molecule has 2 atom stereocenters. The second-order valence-electron chi connectivity index (χ2n) is 3.60. The average Bonchev–Trinajstić information content (AvgIpc) is 2.22. The van der Waals surface area contributed by atoms with E-state index in [2.05, 4.69) is 10.6 Å². The topological polar surface area (TPSA) is 105 Å². The van der Waals surface area contributed by atoms with Gasteiger partial charge in [-0.15, -0.1) is 0 Å². The molecule has 98 valence electrons. The van der Waals surface area contributed by atoms with Gasteiger partial charge in [-0.3, -0.25) is 9.59 Å². The number of amides is 2. The van der Waals surface area contributed by atoms with Crippen molar-refractivity contribution in [3.8, 4) is 0 Å². The van der Waals surface area contributed by atoms with Gasteiger partial charge in [0.05, 0.1) is 0 Å². The van der Waals surface area contributed by atoms with Crippen LogP contribution in [0.1, 0.15) is 20.3 Å². The zero-order chi connectivity index (χ0) is 13.4. The molecule has 0 aromatic carbocycles. The van der Waals surface area contributed by atoms with E-state index in [0.29, 0.717) is 0 Å². The van der Waals surface area contributed by atoms with Crippen LogP contribution in [-0.4, -0.2) is 48.7 Å². The molecule has 17 heavy (non-hydrogen) atoms. The highest BCUT2D eigenvalue weighted by molar-refractivity contribution is 5.89. The summed E-state index contributed by atoms with van der Waals surface area (Å²) in [6, 6.07) is -1.78. The summed E-state index contributed by atoms with van der Waals surface area (Å²) in [6.07, 6.45) is 0.171. The number of rotatable bonds is 7. The third-order valence-corrected chi connectivity index (χ3v) is 2.04. The molecule has 0 saturated carbocycles. The Kier molecular flexibility index (Phi) is 6.88. The summed E-state index contributed by atoms with van der Waals surface area (Å²) in [6.45, 7) is 2.99. The minimum atomic E-state index is -1.13. The molecule has 3 N–H and O–H groups in total. The minimum absolute atomic E-state index is 0.171. The Hall–Kier alpha value is -1.63. The molecule has 0 spiro atoms. The summed E-state index contributed by atoms with van der Waals surface area (Å²) in [7, 11) is 1.45. The van der Waals surface area contributed by atoms with Crippen molar-refractivity contribution in [1.82, 2.24) is 10.6 Å². The van der Waals surface area contributed by atoms with E-state index < -0.39 is 24.0 Å². The molecule has 0 radical (unpaired) electrons. The third-order valence-electron chi connectivity index (χ3n) is 2.04. The van der Waals surface area contributed by atoms with Crippen LogP contribution in [0.5, 0.6) is 0 Å². The van der Waals surface area contributed by atoms with E-state index in [4.69, 9.17) is 9.84 Å². The predicted octanol–water partition coefficient (Wildman–Crippen LogP) is -0.883. The van der Waals surface area contributed by atoms with Crippen molar-refractivity contribution in [1.29, 1.82) is 0 Å². The molecule has 0 aliphatic carbocycles. The quantitative estimate of drug-likeness (QED) is 0.541. The summed E-state index contributed by atoms with van der Waals surface area (Å²) in [4.78, 5) is 33.1. The van der Waals surface area contributed by atoms with Crippen LogP contribution in [0, 0.1) is 0 Å². The van der Waals surface area contributed by atoms with Gasteiger partial charge in [0.25, 0.3) is 0 Å². The number of carboxylic acid groups (broad SMARTS) is 1. The fourth-order valence-electron chi connectivity index (χ4n) is 1.16. The maximum Gasteiger partial charge on any atom is 0.326 e. The average molecular weight is 246 g/mol. The van der Waals surface area contributed by atoms with Gasteiger partial charge in [-0.1, -0.05) is 0 Å². The fraction of sp³-hybridized carbons (Fsp3) is 0.700. The van der Waals surface area contributed by atoms with Crippen molar-refractivity contribution in [2.24, 2.45) is 0 Å². The second kappa shape index (κ2) is 7.61. The van der Waals surface area contributed by atoms with E-state index >= 15 is 0 Å². The van der Waals surface area contributed by atoms with Crippen molar-refractivity contribution in [2.45, 2.75) is 32.4 Å². The van der Waals surface area contributed by atoms with Crippen molar-refractivity contribution >= 4 is 17.8 Å². The lowest BCUT2D eigenvalue weighted by molar-refractivity contribution is -0.142. The molecule has 0 aromatic rings. The van der Waals surface area contributed by atoms with Crippen LogP contribution in [-0.2, 0) is 19.1 Å². The normalized spacial score (nSPS) is 13.6. The molecule has 0 fully saturated rings. The van der Waals surface area contributed by atoms with E-state index in [9.17, 15) is 14.4 Å². The van der Waals surface area contributed by atoms with Crippen molar-refractivity contribution in [3.63, 3.8) is 0 Å². The lowest BCUT2D eigenvalue weighted by atomic mass is 10.2. The summed E-state index contributed by atoms with van der Waals surface area (Å²) in [5.74, 6) is -2.02. The Labute approximate surface area is 99.5 Å². The predicted molar refractivity (Wildman–Crippen MR) is 59.3 cm³/mol. The molecule has 0 aromatic heterocycles. The van der Waals surface area contributed by atoms with Gasteiger partial charge in [-0.25, -0.2) is 4.79 Å². The lowest BCUT2D eigenvalue weighted by Crippen LogP contribution is -2.50. The molecule has 7 nitrogen and oxygen atoms in total. The molecule has 2 unspecified atom stereocenters. The molecule has 0 heterocycles. The highest BCUT2D eigenvalue weighted by Gasteiger charge is 2.22. The number of aliphatic carboxylic acids is 1. The van der Waals surface area contributed by atoms with Crippen LogP contribution >= 0.6 is 0 Å². The van der Waals surface area contributed by atoms with E-state index in [-0.39, 0.29) is 18.9 Å². The van der Waals surface area contributed by atoms with Crippen molar-refractivity contribution in [3.05, 3.63) is 0 Å². The minimum Gasteiger partial charge on any atom is -0.480 e. The number of nitrogens with one attached hydrogen (secondary N) is 2. The molecule has 0 bridgehead atoms. The summed E-state index contributed by atoms with van der Waals surface area (Å²) in [5.41, 5.74) is 0. The first-order valence-electron chi connectivity index (χ1n) is 5.17. The molecular formula is C10H18N2O5. The highest BCUT2D eigenvalue weighted by Crippen LogP contribution is 1.95. The second-order valence-corrected chi connectivity index (χ2v) is 3.60. The zero-order valence-corrected chi connectivity index (χ0v) is 10.1. The maximum atomic E-state index is 11.5. The first kappa shape index (κ1) is 15.4. The van der Waals surface area contributed by atoms with Crippen LogP contribution < -0.4 is 10.6 Å². The molecule has 2 amide bonds. The van der Waals surface area contributed by atoms with Crippen LogP contribution in [0.2, 0.25) is 0 Å². The largest absolute Gasteiger partial charge is 0.480 e. The monoisotopic (exact) mass is 246 g/mol. The van der Waals surface area contributed by atoms with Crippen molar-refractivity contribution in [2.75, 3.05) is 13.7 Å². The van der Waals surface area contributed by atoms with Gasteiger partial charge in [0.2, 0.25) is 11.8 Å². The van der Waals surface area contributed by atoms with Crippen LogP contribution in [0.15, 0.2) is 0 Å². The summed E-state index contributed by atoms with van der Waals surface area (Å²) >= 11 is 0. The molecule has 0 saturated heterocycles. The van der Waals surface area contributed by atoms with E-state index in [1.165, 1.54) is 21.0 Å². The maximum absolute atomic E-state index is 11.5. The van der Waals surface area contributed by atoms with Gasteiger partial charge in [0.1, 0.15) is 12.1 Å². The number of methoxy groups -OCH3 is 1. The first-order chi connectivity index (χ1) is 7.88. The van der Waals surface area contributed by atoms with E-state index in [1.807, 2.05) is 0 Å². The Morgan fingerprint density at radius 3 is 2.29 bits per heavy atom. The molecular weight excluding hydrogens is 228 g/mol. The van der Waals surface area contributed by atoms with Gasteiger partial charge in [-0.05, 0) is 6.92 Å². The lowest BCUT2D eigenvalue weighted by Gasteiger charge is -2.17. The van der Waals surface area contributed by atoms with Gasteiger partial charge in [-0.2, -0.15) is 0 Å². The Morgan fingerprint density at radius 2 is 1.88 bits per heavy atom. The van der Waals surface area contributed by atoms with Crippen molar-refractivity contribution < 1.29 is 24.2 Å². The summed E-state index contributed by atoms with van der Waals surface area (Å²) < 4.78 is 4.74. The number of carbonyl (C=O) groups is 3. The fourth-order valence-corrected chi connectivity index (χ4v) is 1.16. The number of ether oxygens (including phenoxy) is 1. The number of hydrogen-bond donors (Lipinski definition) is 3. The van der Waals surface area contributed by atoms with Gasteiger partial charge in [0.15, 0.2) is 0 Å². The SMILES string of the molecule is COCCC(NC(=O)C(C)NC(C)=O)C(=O)O. The number of carboxylic acids is 1. The van der Waals surface area contributed by atoms with Gasteiger partial charge >= 0.3 is 5.97 Å². The van der Waals surface area contributed by atoms with E-state index in [0.717, 1.165) is 0 Å². The number of hydrogen-bond acceptors (Lipinski definition) is 4. The van der Waals surface area contributed by atoms with Gasteiger partial charge in [0, 0.05) is 27.1 Å². The standard InChI is InChI=1S/C10H18N2O5/c1-6(11-7(2)13)9(14)12-8(10(15)16)4-5-17-3/h6,8H,4-5H2,1-3H3,(H,11,13)(H,12,14)(H,15,16). The number of carbonyl (C=O) groups excluding carboxylic acids is 2.